The van der Waals surface area contributed by atoms with Crippen molar-refractivity contribution in [2.24, 2.45) is 0 Å². The van der Waals surface area contributed by atoms with Crippen molar-refractivity contribution in [1.29, 1.82) is 0 Å². The van der Waals surface area contributed by atoms with Crippen LogP contribution in [0.25, 0.3) is 0 Å². The molecule has 3 heteroatoms. The van der Waals surface area contributed by atoms with Crippen molar-refractivity contribution in [3.63, 3.8) is 0 Å². The van der Waals surface area contributed by atoms with E-state index < -0.39 is 0 Å². The third kappa shape index (κ3) is 0.878. The Balaban J connectivity index is 2.40. The number of hydrogen-bond acceptors (Lipinski definition) is 3. The average molecular weight is 152 g/mol. The normalized spacial score (nSPS) is 22.2. The van der Waals surface area contributed by atoms with E-state index in [1.54, 1.807) is 0 Å². The van der Waals surface area contributed by atoms with Crippen LogP contribution in [0.5, 0.6) is 0 Å². The molecule has 0 fully saturated rings. The number of fused-ring (bicyclic) bond motifs is 1. The Hall–Kier alpha value is -0.830. The molecule has 60 valence electrons. The van der Waals surface area contributed by atoms with E-state index >= 15 is 0 Å². The first-order chi connectivity index (χ1) is 5.33. The van der Waals surface area contributed by atoms with Crippen LogP contribution in [0.4, 0.5) is 0 Å². The highest BCUT2D eigenvalue weighted by Crippen LogP contribution is 2.28. The molecule has 11 heavy (non-hydrogen) atoms. The largest absolute Gasteiger partial charge is 0.361 e. The van der Waals surface area contributed by atoms with E-state index in [9.17, 15) is 0 Å². The molecule has 0 radical (unpaired) electrons. The third-order valence-corrected chi connectivity index (χ3v) is 2.28. The van der Waals surface area contributed by atoms with Crippen LogP contribution in [0.1, 0.15) is 36.4 Å². The Morgan fingerprint density at radius 2 is 2.55 bits per heavy atom. The molecule has 3 nitrogen and oxygen atoms in total. The molecule has 0 saturated heterocycles. The Morgan fingerprint density at radius 3 is 3.27 bits per heavy atom. The summed E-state index contributed by atoms with van der Waals surface area (Å²) in [6, 6.07) is 0.419. The molecule has 0 saturated carbocycles. The lowest BCUT2D eigenvalue weighted by molar-refractivity contribution is 0.371. The SMILES string of the molecule is CCC1NCc2c1noc2C. The highest BCUT2D eigenvalue weighted by atomic mass is 16.5. The molecule has 0 amide bonds. The van der Waals surface area contributed by atoms with Crippen LogP contribution in [-0.4, -0.2) is 5.16 Å². The average Bonchev–Trinajstić information content (AvgIpc) is 2.53. The lowest BCUT2D eigenvalue weighted by atomic mass is 10.1. The van der Waals surface area contributed by atoms with E-state index in [1.807, 2.05) is 6.92 Å². The van der Waals surface area contributed by atoms with Crippen molar-refractivity contribution in [3.8, 4) is 0 Å². The van der Waals surface area contributed by atoms with Crippen molar-refractivity contribution in [1.82, 2.24) is 10.5 Å². The summed E-state index contributed by atoms with van der Waals surface area (Å²) >= 11 is 0. The predicted molar refractivity (Wildman–Crippen MR) is 41.1 cm³/mol. The van der Waals surface area contributed by atoms with Gasteiger partial charge in [0.1, 0.15) is 11.5 Å². The summed E-state index contributed by atoms with van der Waals surface area (Å²) in [6.45, 7) is 5.03. The molecule has 1 aromatic rings. The van der Waals surface area contributed by atoms with Crippen molar-refractivity contribution in [3.05, 3.63) is 17.0 Å². The summed E-state index contributed by atoms with van der Waals surface area (Å²) in [6.07, 6.45) is 1.08. The summed E-state index contributed by atoms with van der Waals surface area (Å²) in [4.78, 5) is 0. The van der Waals surface area contributed by atoms with E-state index in [-0.39, 0.29) is 0 Å². The maximum Gasteiger partial charge on any atom is 0.138 e. The molecule has 1 atom stereocenters. The number of nitrogens with one attached hydrogen (secondary N) is 1. The minimum atomic E-state index is 0.419. The fourth-order valence-corrected chi connectivity index (χ4v) is 1.56. The summed E-state index contributed by atoms with van der Waals surface area (Å²) in [7, 11) is 0. The minimum Gasteiger partial charge on any atom is -0.361 e. The van der Waals surface area contributed by atoms with Crippen LogP contribution in [0, 0.1) is 6.92 Å². The van der Waals surface area contributed by atoms with Gasteiger partial charge >= 0.3 is 0 Å². The van der Waals surface area contributed by atoms with E-state index in [1.165, 1.54) is 5.56 Å². The molecule has 0 aliphatic carbocycles. The van der Waals surface area contributed by atoms with Crippen LogP contribution in [0.3, 0.4) is 0 Å². The Bertz CT molecular complexity index is 267. The van der Waals surface area contributed by atoms with Gasteiger partial charge in [-0.05, 0) is 13.3 Å². The zero-order valence-electron chi connectivity index (χ0n) is 6.85. The van der Waals surface area contributed by atoms with Gasteiger partial charge in [-0.2, -0.15) is 0 Å². The summed E-state index contributed by atoms with van der Waals surface area (Å²) in [5.41, 5.74) is 2.38. The Labute approximate surface area is 65.8 Å². The Kier molecular flexibility index (Phi) is 1.46. The monoisotopic (exact) mass is 152 g/mol. The van der Waals surface area contributed by atoms with Gasteiger partial charge in [-0.3, -0.25) is 0 Å². The van der Waals surface area contributed by atoms with E-state index in [0.29, 0.717) is 6.04 Å². The lowest BCUT2D eigenvalue weighted by Crippen LogP contribution is -2.11. The molecular formula is C8H12N2O. The standard InChI is InChI=1S/C8H12N2O/c1-3-7-8-6(4-9-7)5(2)11-10-8/h7,9H,3-4H2,1-2H3. The molecule has 1 unspecified atom stereocenters. The first-order valence-electron chi connectivity index (χ1n) is 4.01. The number of aryl methyl sites for hydroxylation is 1. The van der Waals surface area contributed by atoms with E-state index in [0.717, 1.165) is 24.4 Å². The molecule has 1 N–H and O–H groups in total. The first kappa shape index (κ1) is 6.85. The third-order valence-electron chi connectivity index (χ3n) is 2.28. The number of rotatable bonds is 1. The molecule has 1 aromatic heterocycles. The highest BCUT2D eigenvalue weighted by Gasteiger charge is 2.26. The van der Waals surface area contributed by atoms with Crippen molar-refractivity contribution >= 4 is 0 Å². The van der Waals surface area contributed by atoms with Gasteiger partial charge in [0.2, 0.25) is 0 Å². The second kappa shape index (κ2) is 2.34. The molecule has 1 aliphatic rings. The maximum atomic E-state index is 5.08. The number of nitrogens with zero attached hydrogens (tertiary/aromatic N) is 1. The Morgan fingerprint density at radius 1 is 1.73 bits per heavy atom. The summed E-state index contributed by atoms with van der Waals surface area (Å²) < 4.78 is 5.08. The zero-order chi connectivity index (χ0) is 7.84. The minimum absolute atomic E-state index is 0.419. The van der Waals surface area contributed by atoms with Crippen LogP contribution < -0.4 is 5.32 Å². The quantitative estimate of drug-likeness (QED) is 0.663. The van der Waals surface area contributed by atoms with Crippen molar-refractivity contribution in [2.75, 3.05) is 0 Å². The van der Waals surface area contributed by atoms with Crippen molar-refractivity contribution in [2.45, 2.75) is 32.9 Å². The molecule has 0 bridgehead atoms. The van der Waals surface area contributed by atoms with Gasteiger partial charge in [-0.15, -0.1) is 0 Å². The van der Waals surface area contributed by atoms with Gasteiger partial charge < -0.3 is 9.84 Å². The number of hydrogen-bond donors (Lipinski definition) is 1. The van der Waals surface area contributed by atoms with Gasteiger partial charge in [0.25, 0.3) is 0 Å². The second-order valence-electron chi connectivity index (χ2n) is 2.94. The van der Waals surface area contributed by atoms with Gasteiger partial charge in [0.15, 0.2) is 0 Å². The molecule has 2 heterocycles. The lowest BCUT2D eigenvalue weighted by Gasteiger charge is -2.03. The topological polar surface area (TPSA) is 38.1 Å². The molecule has 2 rings (SSSR count). The van der Waals surface area contributed by atoms with E-state index in [2.05, 4.69) is 17.4 Å². The van der Waals surface area contributed by atoms with E-state index in [4.69, 9.17) is 4.52 Å². The van der Waals surface area contributed by atoms with Crippen LogP contribution >= 0.6 is 0 Å². The predicted octanol–water partition coefficient (Wildman–Crippen LogP) is 1.54. The van der Waals surface area contributed by atoms with Gasteiger partial charge in [-0.1, -0.05) is 12.1 Å². The fourth-order valence-electron chi connectivity index (χ4n) is 1.56. The molecule has 0 aromatic carbocycles. The second-order valence-corrected chi connectivity index (χ2v) is 2.94. The van der Waals surface area contributed by atoms with Crippen LogP contribution in [0.2, 0.25) is 0 Å². The molecule has 0 spiro atoms. The zero-order valence-corrected chi connectivity index (χ0v) is 6.85. The highest BCUT2D eigenvalue weighted by molar-refractivity contribution is 5.28. The van der Waals surface area contributed by atoms with Crippen LogP contribution in [-0.2, 0) is 6.54 Å². The van der Waals surface area contributed by atoms with Gasteiger partial charge in [0, 0.05) is 12.1 Å². The van der Waals surface area contributed by atoms with Gasteiger partial charge in [-0.25, -0.2) is 0 Å². The smallest absolute Gasteiger partial charge is 0.138 e. The number of aromatic nitrogens is 1. The fraction of sp³-hybridized carbons (Fsp3) is 0.625. The summed E-state index contributed by atoms with van der Waals surface area (Å²) in [5, 5.41) is 7.38. The van der Waals surface area contributed by atoms with Crippen LogP contribution in [0.15, 0.2) is 4.52 Å². The maximum absolute atomic E-state index is 5.08. The molecular weight excluding hydrogens is 140 g/mol. The summed E-state index contributed by atoms with van der Waals surface area (Å²) in [5.74, 6) is 0.962. The first-order valence-corrected chi connectivity index (χ1v) is 4.01. The van der Waals surface area contributed by atoms with Gasteiger partial charge in [0.05, 0.1) is 6.04 Å². The molecule has 1 aliphatic heterocycles. The van der Waals surface area contributed by atoms with Crippen molar-refractivity contribution < 1.29 is 4.52 Å².